The lowest BCUT2D eigenvalue weighted by Crippen LogP contribution is -2.38. The molecule has 6 atom stereocenters. The van der Waals surface area contributed by atoms with Crippen molar-refractivity contribution >= 4 is 0 Å². The van der Waals surface area contributed by atoms with Crippen molar-refractivity contribution < 1.29 is 0 Å². The lowest BCUT2D eigenvalue weighted by Gasteiger charge is -2.42. The van der Waals surface area contributed by atoms with Crippen molar-refractivity contribution in [1.82, 2.24) is 5.32 Å². The van der Waals surface area contributed by atoms with E-state index in [1.165, 1.54) is 37.7 Å². The number of fused-ring (bicyclic) bond motifs is 2. The van der Waals surface area contributed by atoms with E-state index in [0.717, 1.165) is 18.8 Å². The maximum atomic E-state index is 9.47. The molecule has 2 saturated carbocycles. The van der Waals surface area contributed by atoms with Crippen LogP contribution in [0.4, 0.5) is 0 Å². The van der Waals surface area contributed by atoms with E-state index in [1.54, 1.807) is 5.57 Å². The lowest BCUT2D eigenvalue weighted by atomic mass is 9.63. The van der Waals surface area contributed by atoms with Crippen molar-refractivity contribution in [2.45, 2.75) is 78.2 Å². The summed E-state index contributed by atoms with van der Waals surface area (Å²) in [5.41, 5.74) is 3.93. The Morgan fingerprint density at radius 1 is 1.42 bits per heavy atom. The Morgan fingerprint density at radius 2 is 2.17 bits per heavy atom. The first-order chi connectivity index (χ1) is 11.4. The minimum absolute atomic E-state index is 0.155. The quantitative estimate of drug-likeness (QED) is 0.620. The third kappa shape index (κ3) is 2.61. The summed E-state index contributed by atoms with van der Waals surface area (Å²) in [6, 6.07) is 2.54. The molecule has 2 heteroatoms. The van der Waals surface area contributed by atoms with Gasteiger partial charge in [0.05, 0.1) is 12.0 Å². The highest BCUT2D eigenvalue weighted by atomic mass is 15.0. The second-order valence-electron chi connectivity index (χ2n) is 9.05. The Labute approximate surface area is 148 Å². The van der Waals surface area contributed by atoms with Crippen LogP contribution in [0.1, 0.15) is 72.6 Å². The molecule has 0 heterocycles. The van der Waals surface area contributed by atoms with Crippen LogP contribution in [0, 0.1) is 40.4 Å². The number of rotatable bonds is 7. The average molecular weight is 327 g/mol. The minimum atomic E-state index is 0.155. The normalized spacial score (nSPS) is 40.0. The molecule has 132 valence electrons. The lowest BCUT2D eigenvalue weighted by molar-refractivity contribution is 0.156. The van der Waals surface area contributed by atoms with Gasteiger partial charge in [0.15, 0.2) is 0 Å². The fourth-order valence-electron chi connectivity index (χ4n) is 6.53. The van der Waals surface area contributed by atoms with E-state index in [1.807, 2.05) is 6.20 Å². The standard InChI is InChI=1S/C22H34N2/c1-6-18(13-23)19-10-15(3)20(19)16(4)11-21-8-9-22(14-21,24-7-2)12-17(21)5/h7,15-18,24H,2,6,8-12,14H2,1,3-5H3. The van der Waals surface area contributed by atoms with Gasteiger partial charge in [-0.1, -0.05) is 45.4 Å². The summed E-state index contributed by atoms with van der Waals surface area (Å²) in [7, 11) is 0. The highest BCUT2D eigenvalue weighted by Gasteiger charge is 2.58. The van der Waals surface area contributed by atoms with E-state index in [9.17, 15) is 5.26 Å². The first kappa shape index (κ1) is 17.6. The first-order valence-corrected chi connectivity index (χ1v) is 9.91. The fraction of sp³-hybridized carbons (Fsp3) is 0.773. The molecule has 1 N–H and O–H groups in total. The van der Waals surface area contributed by atoms with Crippen LogP contribution < -0.4 is 5.32 Å². The molecule has 0 aromatic rings. The first-order valence-electron chi connectivity index (χ1n) is 9.91. The summed E-state index contributed by atoms with van der Waals surface area (Å²) < 4.78 is 0. The Bertz CT molecular complexity index is 583. The van der Waals surface area contributed by atoms with E-state index in [-0.39, 0.29) is 5.92 Å². The van der Waals surface area contributed by atoms with Crippen LogP contribution in [0.5, 0.6) is 0 Å². The summed E-state index contributed by atoms with van der Waals surface area (Å²) in [4.78, 5) is 0. The van der Waals surface area contributed by atoms with Crippen LogP contribution >= 0.6 is 0 Å². The fourth-order valence-corrected chi connectivity index (χ4v) is 6.53. The van der Waals surface area contributed by atoms with E-state index < -0.39 is 0 Å². The van der Waals surface area contributed by atoms with Crippen LogP contribution in [0.15, 0.2) is 23.9 Å². The molecular formula is C22H34N2. The van der Waals surface area contributed by atoms with Gasteiger partial charge in [0.1, 0.15) is 0 Å². The highest BCUT2D eigenvalue weighted by molar-refractivity contribution is 5.35. The van der Waals surface area contributed by atoms with Gasteiger partial charge in [0.2, 0.25) is 0 Å². The molecule has 0 aliphatic heterocycles. The number of allylic oxidation sites excluding steroid dienone is 2. The van der Waals surface area contributed by atoms with Crippen LogP contribution in [-0.4, -0.2) is 5.54 Å². The van der Waals surface area contributed by atoms with E-state index in [0.29, 0.717) is 22.8 Å². The van der Waals surface area contributed by atoms with Crippen molar-refractivity contribution in [1.29, 1.82) is 5.26 Å². The van der Waals surface area contributed by atoms with Crippen LogP contribution in [0.2, 0.25) is 0 Å². The van der Waals surface area contributed by atoms with Gasteiger partial charge in [0, 0.05) is 5.54 Å². The zero-order chi connectivity index (χ0) is 17.5. The summed E-state index contributed by atoms with van der Waals surface area (Å²) >= 11 is 0. The van der Waals surface area contributed by atoms with Gasteiger partial charge in [-0.15, -0.1) is 0 Å². The molecule has 2 bridgehead atoms. The number of nitrogens with one attached hydrogen (secondary N) is 1. The monoisotopic (exact) mass is 326 g/mol. The molecule has 3 rings (SSSR count). The number of hydrogen-bond donors (Lipinski definition) is 1. The van der Waals surface area contributed by atoms with Crippen LogP contribution in [0.3, 0.4) is 0 Å². The number of nitriles is 1. The zero-order valence-electron chi connectivity index (χ0n) is 16.0. The molecule has 2 fully saturated rings. The van der Waals surface area contributed by atoms with Crippen molar-refractivity contribution in [3.8, 4) is 6.07 Å². The van der Waals surface area contributed by atoms with E-state index >= 15 is 0 Å². The molecule has 0 radical (unpaired) electrons. The predicted molar refractivity (Wildman–Crippen MR) is 100 cm³/mol. The number of nitrogens with zero attached hydrogens (tertiary/aromatic N) is 1. The van der Waals surface area contributed by atoms with Crippen LogP contribution in [0.25, 0.3) is 0 Å². The summed E-state index contributed by atoms with van der Waals surface area (Å²) in [5.74, 6) is 2.26. The van der Waals surface area contributed by atoms with Gasteiger partial charge in [-0.2, -0.15) is 5.26 Å². The molecule has 3 aliphatic rings. The molecule has 0 saturated heterocycles. The number of hydrogen-bond acceptors (Lipinski definition) is 2. The molecule has 6 unspecified atom stereocenters. The highest BCUT2D eigenvalue weighted by Crippen LogP contribution is 2.63. The Balaban J connectivity index is 1.78. The third-order valence-electron chi connectivity index (χ3n) is 7.60. The Kier molecular flexibility index (Phi) is 4.58. The molecule has 0 spiro atoms. The summed E-state index contributed by atoms with van der Waals surface area (Å²) in [6.07, 6.45) is 10.6. The van der Waals surface area contributed by atoms with Gasteiger partial charge in [-0.3, -0.25) is 0 Å². The largest absolute Gasteiger partial charge is 0.386 e. The van der Waals surface area contributed by atoms with Gasteiger partial charge in [-0.05, 0) is 74.3 Å². The average Bonchev–Trinajstić information content (AvgIpc) is 2.99. The minimum Gasteiger partial charge on any atom is -0.386 e. The molecule has 24 heavy (non-hydrogen) atoms. The molecule has 0 aromatic carbocycles. The van der Waals surface area contributed by atoms with Gasteiger partial charge < -0.3 is 5.32 Å². The predicted octanol–water partition coefficient (Wildman–Crippen LogP) is 5.58. The summed E-state index contributed by atoms with van der Waals surface area (Å²) in [6.45, 7) is 13.3. The molecule has 2 nitrogen and oxygen atoms in total. The second kappa shape index (κ2) is 6.25. The SMILES string of the molecule is C=CNC12CCC(CC(C)C3=C(C(C#N)CC)CC3C)(C1)C(C)C2. The molecule has 0 amide bonds. The third-order valence-corrected chi connectivity index (χ3v) is 7.60. The molecule has 0 aromatic heterocycles. The zero-order valence-corrected chi connectivity index (χ0v) is 16.0. The summed E-state index contributed by atoms with van der Waals surface area (Å²) in [5, 5.41) is 13.1. The molecule has 3 aliphatic carbocycles. The maximum Gasteiger partial charge on any atom is 0.0700 e. The van der Waals surface area contributed by atoms with E-state index in [2.05, 4.69) is 45.7 Å². The van der Waals surface area contributed by atoms with Crippen molar-refractivity contribution in [2.24, 2.45) is 29.1 Å². The van der Waals surface area contributed by atoms with Crippen molar-refractivity contribution in [2.75, 3.05) is 0 Å². The smallest absolute Gasteiger partial charge is 0.0700 e. The maximum absolute atomic E-state index is 9.47. The molecular weight excluding hydrogens is 292 g/mol. The van der Waals surface area contributed by atoms with Crippen molar-refractivity contribution in [3.05, 3.63) is 23.9 Å². The second-order valence-corrected chi connectivity index (χ2v) is 9.05. The Hall–Kier alpha value is -1.23. The van der Waals surface area contributed by atoms with E-state index in [4.69, 9.17) is 0 Å². The van der Waals surface area contributed by atoms with Gasteiger partial charge in [-0.25, -0.2) is 0 Å². The van der Waals surface area contributed by atoms with Gasteiger partial charge in [0.25, 0.3) is 0 Å². The Morgan fingerprint density at radius 3 is 2.71 bits per heavy atom. The van der Waals surface area contributed by atoms with Crippen molar-refractivity contribution in [3.63, 3.8) is 0 Å². The van der Waals surface area contributed by atoms with Gasteiger partial charge >= 0.3 is 0 Å². The topological polar surface area (TPSA) is 35.8 Å². The van der Waals surface area contributed by atoms with Crippen LogP contribution in [-0.2, 0) is 0 Å².